The topological polar surface area (TPSA) is 30.5 Å². The van der Waals surface area contributed by atoms with Crippen molar-refractivity contribution in [3.63, 3.8) is 0 Å². The predicted molar refractivity (Wildman–Crippen MR) is 64.1 cm³/mol. The quantitative estimate of drug-likeness (QED) is 0.715. The van der Waals surface area contributed by atoms with E-state index in [-0.39, 0.29) is 0 Å². The molecule has 0 amide bonds. The lowest BCUT2D eigenvalue weighted by Gasteiger charge is -2.08. The van der Waals surface area contributed by atoms with Crippen molar-refractivity contribution in [2.45, 2.75) is 12.8 Å². The van der Waals surface area contributed by atoms with Gasteiger partial charge in [0.05, 0.1) is 6.61 Å². The van der Waals surface area contributed by atoms with Crippen molar-refractivity contribution in [2.24, 2.45) is 5.92 Å². The van der Waals surface area contributed by atoms with Crippen LogP contribution in [-0.4, -0.2) is 26.8 Å². The summed E-state index contributed by atoms with van der Waals surface area (Å²) >= 11 is 0. The van der Waals surface area contributed by atoms with E-state index >= 15 is 0 Å². The molecule has 88 valence electrons. The van der Waals surface area contributed by atoms with E-state index in [0.29, 0.717) is 6.61 Å². The zero-order chi connectivity index (χ0) is 11.2. The van der Waals surface area contributed by atoms with E-state index in [1.54, 1.807) is 0 Å². The number of benzene rings is 1. The highest BCUT2D eigenvalue weighted by Crippen LogP contribution is 2.30. The fraction of sp³-hybridized carbons (Fsp3) is 0.538. The van der Waals surface area contributed by atoms with Gasteiger partial charge in [0.15, 0.2) is 0 Å². The number of hydrogen-bond donors (Lipinski definition) is 1. The number of hydrogen-bond acceptors (Lipinski definition) is 3. The van der Waals surface area contributed by atoms with Gasteiger partial charge in [0, 0.05) is 12.6 Å². The number of rotatable bonds is 7. The minimum atomic E-state index is 0.683. The summed E-state index contributed by atoms with van der Waals surface area (Å²) in [7, 11) is 1.92. The smallest absolute Gasteiger partial charge is 0.123 e. The van der Waals surface area contributed by atoms with Crippen molar-refractivity contribution in [2.75, 3.05) is 26.8 Å². The summed E-state index contributed by atoms with van der Waals surface area (Å²) in [5.74, 6) is 2.58. The van der Waals surface area contributed by atoms with Gasteiger partial charge in [0.25, 0.3) is 0 Å². The fourth-order valence-electron chi connectivity index (χ4n) is 1.42. The highest BCUT2D eigenvalue weighted by Gasteiger charge is 2.21. The molecule has 0 aliphatic heterocycles. The molecule has 0 spiro atoms. The Morgan fingerprint density at radius 2 is 2.00 bits per heavy atom. The van der Waals surface area contributed by atoms with Gasteiger partial charge in [0.2, 0.25) is 0 Å². The second-order valence-corrected chi connectivity index (χ2v) is 4.18. The van der Waals surface area contributed by atoms with Gasteiger partial charge in [-0.2, -0.15) is 0 Å². The average Bonchev–Trinajstić information content (AvgIpc) is 3.11. The standard InChI is InChI=1S/C13H19NO2/c1-14-7-8-15-12-3-2-4-13(9-12)16-10-11-5-6-11/h2-4,9,11,14H,5-8,10H2,1H3. The van der Waals surface area contributed by atoms with Crippen LogP contribution >= 0.6 is 0 Å². The molecular formula is C13H19NO2. The summed E-state index contributed by atoms with van der Waals surface area (Å²) in [5.41, 5.74) is 0. The third-order valence-corrected chi connectivity index (χ3v) is 2.61. The summed E-state index contributed by atoms with van der Waals surface area (Å²) in [6, 6.07) is 7.86. The molecule has 3 nitrogen and oxygen atoms in total. The first kappa shape index (κ1) is 11.3. The molecule has 0 atom stereocenters. The zero-order valence-corrected chi connectivity index (χ0v) is 9.74. The van der Waals surface area contributed by atoms with Crippen LogP contribution in [-0.2, 0) is 0 Å². The molecular weight excluding hydrogens is 202 g/mol. The van der Waals surface area contributed by atoms with Gasteiger partial charge in [0.1, 0.15) is 18.1 Å². The normalized spacial score (nSPS) is 14.8. The Labute approximate surface area is 96.8 Å². The Balaban J connectivity index is 1.80. The van der Waals surface area contributed by atoms with Crippen molar-refractivity contribution in [1.29, 1.82) is 0 Å². The van der Waals surface area contributed by atoms with E-state index in [1.807, 2.05) is 31.3 Å². The summed E-state index contributed by atoms with van der Waals surface area (Å²) in [6.45, 7) is 2.38. The van der Waals surface area contributed by atoms with Crippen molar-refractivity contribution in [3.05, 3.63) is 24.3 Å². The molecule has 0 radical (unpaired) electrons. The maximum absolute atomic E-state index is 5.68. The maximum Gasteiger partial charge on any atom is 0.123 e. The monoisotopic (exact) mass is 221 g/mol. The van der Waals surface area contributed by atoms with Crippen LogP contribution < -0.4 is 14.8 Å². The molecule has 1 aromatic carbocycles. The lowest BCUT2D eigenvalue weighted by atomic mass is 10.3. The van der Waals surface area contributed by atoms with E-state index in [0.717, 1.165) is 30.6 Å². The number of likely N-dealkylation sites (N-methyl/N-ethyl adjacent to an activating group) is 1. The molecule has 1 N–H and O–H groups in total. The Morgan fingerprint density at radius 1 is 1.25 bits per heavy atom. The van der Waals surface area contributed by atoms with Crippen LogP contribution in [0.15, 0.2) is 24.3 Å². The zero-order valence-electron chi connectivity index (χ0n) is 9.74. The van der Waals surface area contributed by atoms with Crippen molar-refractivity contribution < 1.29 is 9.47 Å². The van der Waals surface area contributed by atoms with Crippen molar-refractivity contribution in [3.8, 4) is 11.5 Å². The molecule has 1 fully saturated rings. The summed E-state index contributed by atoms with van der Waals surface area (Å²) in [6.07, 6.45) is 2.64. The molecule has 1 aromatic rings. The lowest BCUT2D eigenvalue weighted by molar-refractivity contribution is 0.291. The van der Waals surface area contributed by atoms with Gasteiger partial charge >= 0.3 is 0 Å². The van der Waals surface area contributed by atoms with Crippen LogP contribution in [0.1, 0.15) is 12.8 Å². The second-order valence-electron chi connectivity index (χ2n) is 4.18. The largest absolute Gasteiger partial charge is 0.493 e. The van der Waals surface area contributed by atoms with Crippen molar-refractivity contribution in [1.82, 2.24) is 5.32 Å². The van der Waals surface area contributed by atoms with E-state index < -0.39 is 0 Å². The van der Waals surface area contributed by atoms with E-state index in [9.17, 15) is 0 Å². The summed E-state index contributed by atoms with van der Waals surface area (Å²) < 4.78 is 11.2. The Morgan fingerprint density at radius 3 is 2.69 bits per heavy atom. The lowest BCUT2D eigenvalue weighted by Crippen LogP contribution is -2.15. The second kappa shape index (κ2) is 5.75. The molecule has 1 aliphatic rings. The van der Waals surface area contributed by atoms with Gasteiger partial charge in [-0.05, 0) is 37.9 Å². The van der Waals surface area contributed by atoms with Crippen LogP contribution in [0.4, 0.5) is 0 Å². The van der Waals surface area contributed by atoms with Gasteiger partial charge in [-0.1, -0.05) is 6.07 Å². The van der Waals surface area contributed by atoms with E-state index in [4.69, 9.17) is 9.47 Å². The molecule has 16 heavy (non-hydrogen) atoms. The number of nitrogens with one attached hydrogen (secondary N) is 1. The molecule has 1 saturated carbocycles. The minimum Gasteiger partial charge on any atom is -0.493 e. The first-order valence-electron chi connectivity index (χ1n) is 5.89. The summed E-state index contributed by atoms with van der Waals surface area (Å²) in [4.78, 5) is 0. The van der Waals surface area contributed by atoms with E-state index in [2.05, 4.69) is 5.32 Å². The minimum absolute atomic E-state index is 0.683. The predicted octanol–water partition coefficient (Wildman–Crippen LogP) is 2.07. The van der Waals surface area contributed by atoms with Crippen LogP contribution in [0.2, 0.25) is 0 Å². The van der Waals surface area contributed by atoms with Crippen LogP contribution in [0.5, 0.6) is 11.5 Å². The molecule has 3 heteroatoms. The van der Waals surface area contributed by atoms with Crippen LogP contribution in [0.3, 0.4) is 0 Å². The van der Waals surface area contributed by atoms with Gasteiger partial charge in [-0.15, -0.1) is 0 Å². The Bertz CT molecular complexity index is 323. The van der Waals surface area contributed by atoms with Crippen LogP contribution in [0.25, 0.3) is 0 Å². The molecule has 0 bridgehead atoms. The number of ether oxygens (including phenoxy) is 2. The third kappa shape index (κ3) is 3.74. The van der Waals surface area contributed by atoms with Crippen molar-refractivity contribution >= 4 is 0 Å². The molecule has 0 saturated heterocycles. The fourth-order valence-corrected chi connectivity index (χ4v) is 1.42. The third-order valence-electron chi connectivity index (χ3n) is 2.61. The first-order valence-corrected chi connectivity index (χ1v) is 5.89. The first-order chi connectivity index (χ1) is 7.88. The maximum atomic E-state index is 5.68. The highest BCUT2D eigenvalue weighted by molar-refractivity contribution is 5.32. The SMILES string of the molecule is CNCCOc1cccc(OCC2CC2)c1. The Kier molecular flexibility index (Phi) is 4.05. The van der Waals surface area contributed by atoms with Gasteiger partial charge in [-0.25, -0.2) is 0 Å². The van der Waals surface area contributed by atoms with E-state index in [1.165, 1.54) is 12.8 Å². The molecule has 1 aliphatic carbocycles. The summed E-state index contributed by atoms with van der Waals surface area (Å²) in [5, 5.41) is 3.04. The van der Waals surface area contributed by atoms with Gasteiger partial charge in [-0.3, -0.25) is 0 Å². The molecule has 0 aromatic heterocycles. The molecule has 2 rings (SSSR count). The molecule has 0 heterocycles. The Hall–Kier alpha value is -1.22. The highest BCUT2D eigenvalue weighted by atomic mass is 16.5. The van der Waals surface area contributed by atoms with Crippen LogP contribution in [0, 0.1) is 5.92 Å². The average molecular weight is 221 g/mol. The van der Waals surface area contributed by atoms with Gasteiger partial charge < -0.3 is 14.8 Å². The molecule has 0 unspecified atom stereocenters.